The highest BCUT2D eigenvalue weighted by molar-refractivity contribution is 7.99. The minimum Gasteiger partial charge on any atom is -0.444 e. The highest BCUT2D eigenvalue weighted by atomic mass is 35.5. The number of hydrogen-bond acceptors (Lipinski definition) is 9. The number of carbonyl (C=O) groups excluding carboxylic acids is 1. The van der Waals surface area contributed by atoms with Gasteiger partial charge in [-0.05, 0) is 59.6 Å². The maximum Gasteiger partial charge on any atom is 0.408 e. The lowest BCUT2D eigenvalue weighted by Gasteiger charge is -2.40. The van der Waals surface area contributed by atoms with Crippen molar-refractivity contribution in [2.45, 2.75) is 101 Å². The molecule has 13 heteroatoms. The molecule has 0 spiro atoms. The summed E-state index contributed by atoms with van der Waals surface area (Å²) in [7, 11) is -1.22. The SMILES string of the molecule is Cc1nc(N2CCC(C)(NC(=O)OC(C)(C)C)CC2)c2cnn(COCC[Si](C)(C)C)c2c1Sc1ccnc(N)c1Cl. The van der Waals surface area contributed by atoms with E-state index in [-0.39, 0.29) is 11.6 Å². The standard InChI is InChI=1S/C29H44ClN7O3SSi/c1-19-24(41-21-9-12-32-25(31)22(21)30)23-20(17-33-37(23)18-39-15-16-42(6,7)8)26(34-19)36-13-10-29(5,11-14-36)35-27(38)40-28(2,3)4/h9,12,17H,10-11,13-16,18H2,1-8H3,(H2,31,32)(H,35,38). The number of nitrogens with two attached hydrogens (primary N) is 1. The molecule has 1 aliphatic heterocycles. The minimum atomic E-state index is -1.22. The number of aryl methyl sites for hydroxylation is 1. The van der Waals surface area contributed by atoms with Crippen LogP contribution in [0, 0.1) is 6.92 Å². The van der Waals surface area contributed by atoms with Crippen molar-refractivity contribution in [2.75, 3.05) is 30.3 Å². The highest BCUT2D eigenvalue weighted by Crippen LogP contribution is 2.42. The Morgan fingerprint density at radius 1 is 1.26 bits per heavy atom. The van der Waals surface area contributed by atoms with Crippen molar-refractivity contribution in [3.8, 4) is 0 Å². The maximum absolute atomic E-state index is 12.5. The van der Waals surface area contributed by atoms with E-state index in [1.165, 1.54) is 11.8 Å². The molecular formula is C29H44ClN7O3SSi. The van der Waals surface area contributed by atoms with Gasteiger partial charge in [0.15, 0.2) is 0 Å². The number of pyridine rings is 2. The van der Waals surface area contributed by atoms with Crippen LogP contribution in [0.4, 0.5) is 16.4 Å². The van der Waals surface area contributed by atoms with Gasteiger partial charge in [-0.15, -0.1) is 0 Å². The van der Waals surface area contributed by atoms with Crippen LogP contribution in [0.1, 0.15) is 46.2 Å². The highest BCUT2D eigenvalue weighted by Gasteiger charge is 2.34. The summed E-state index contributed by atoms with van der Waals surface area (Å²) in [5.41, 5.74) is 6.90. The number of ether oxygens (including phenoxy) is 2. The average Bonchev–Trinajstić information content (AvgIpc) is 3.28. The Morgan fingerprint density at radius 3 is 2.60 bits per heavy atom. The van der Waals surface area contributed by atoms with Crippen molar-refractivity contribution >= 4 is 60.1 Å². The second-order valence-corrected chi connectivity index (χ2v) is 20.4. The van der Waals surface area contributed by atoms with Crippen LogP contribution < -0.4 is 16.0 Å². The molecule has 1 amide bonds. The Kier molecular flexibility index (Phi) is 9.71. The molecule has 3 N–H and O–H groups in total. The number of rotatable bonds is 9. The molecule has 4 rings (SSSR count). The van der Waals surface area contributed by atoms with E-state index in [2.05, 4.69) is 41.8 Å². The largest absolute Gasteiger partial charge is 0.444 e. The smallest absolute Gasteiger partial charge is 0.408 e. The lowest BCUT2D eigenvalue weighted by atomic mass is 9.89. The number of nitrogens with one attached hydrogen (secondary N) is 1. The van der Waals surface area contributed by atoms with Crippen molar-refractivity contribution < 1.29 is 14.3 Å². The summed E-state index contributed by atoms with van der Waals surface area (Å²) in [6, 6.07) is 2.94. The third-order valence-electron chi connectivity index (χ3n) is 7.17. The van der Waals surface area contributed by atoms with Gasteiger partial charge in [-0.3, -0.25) is 0 Å². The van der Waals surface area contributed by atoms with Crippen LogP contribution in [0.2, 0.25) is 30.7 Å². The fourth-order valence-electron chi connectivity index (χ4n) is 4.74. The van der Waals surface area contributed by atoms with Gasteiger partial charge in [0.25, 0.3) is 0 Å². The van der Waals surface area contributed by atoms with E-state index in [1.807, 2.05) is 44.6 Å². The molecule has 0 bridgehead atoms. The van der Waals surface area contributed by atoms with Crippen LogP contribution in [0.5, 0.6) is 0 Å². The zero-order chi connectivity index (χ0) is 30.9. The molecule has 230 valence electrons. The van der Waals surface area contributed by atoms with Gasteiger partial charge in [-0.1, -0.05) is 43.0 Å². The number of fused-ring (bicyclic) bond motifs is 1. The minimum absolute atomic E-state index is 0.291. The molecule has 0 atom stereocenters. The molecule has 0 saturated carbocycles. The number of amides is 1. The number of halogens is 1. The third-order valence-corrected chi connectivity index (χ3v) is 10.6. The van der Waals surface area contributed by atoms with Gasteiger partial charge in [0.05, 0.1) is 32.7 Å². The predicted octanol–water partition coefficient (Wildman–Crippen LogP) is 6.72. The van der Waals surface area contributed by atoms with E-state index < -0.39 is 13.7 Å². The van der Waals surface area contributed by atoms with Gasteiger partial charge in [-0.25, -0.2) is 19.4 Å². The van der Waals surface area contributed by atoms with Crippen LogP contribution in [0.25, 0.3) is 10.9 Å². The first-order valence-corrected chi connectivity index (χ1v) is 19.2. The van der Waals surface area contributed by atoms with Crippen molar-refractivity contribution in [3.63, 3.8) is 0 Å². The van der Waals surface area contributed by atoms with Crippen molar-refractivity contribution in [3.05, 3.63) is 29.2 Å². The van der Waals surface area contributed by atoms with Gasteiger partial charge < -0.3 is 25.4 Å². The number of carbonyl (C=O) groups is 1. The molecule has 42 heavy (non-hydrogen) atoms. The second-order valence-electron chi connectivity index (χ2n) is 13.4. The average molecular weight is 634 g/mol. The van der Waals surface area contributed by atoms with Gasteiger partial charge in [0.1, 0.15) is 24.0 Å². The van der Waals surface area contributed by atoms with Crippen molar-refractivity contribution in [2.24, 2.45) is 0 Å². The van der Waals surface area contributed by atoms with Gasteiger partial charge in [0, 0.05) is 44.4 Å². The molecule has 3 aromatic heterocycles. The Labute approximate surface area is 259 Å². The summed E-state index contributed by atoms with van der Waals surface area (Å²) in [5.74, 6) is 1.17. The molecule has 1 aliphatic rings. The molecular weight excluding hydrogens is 590 g/mol. The molecule has 0 radical (unpaired) electrons. The van der Waals surface area contributed by atoms with E-state index in [9.17, 15) is 4.79 Å². The molecule has 4 heterocycles. The summed E-state index contributed by atoms with van der Waals surface area (Å²) >= 11 is 8.05. The van der Waals surface area contributed by atoms with E-state index in [0.717, 1.165) is 64.2 Å². The first kappa shape index (κ1) is 32.4. The number of piperidine rings is 1. The van der Waals surface area contributed by atoms with Crippen LogP contribution in [0.3, 0.4) is 0 Å². The zero-order valence-electron chi connectivity index (χ0n) is 26.0. The Bertz CT molecular complexity index is 1430. The summed E-state index contributed by atoms with van der Waals surface area (Å²) in [4.78, 5) is 25.7. The number of nitrogens with zero attached hydrogens (tertiary/aromatic N) is 5. The third kappa shape index (κ3) is 8.09. The number of anilines is 2. The molecule has 0 aromatic carbocycles. The quantitative estimate of drug-likeness (QED) is 0.195. The Morgan fingerprint density at radius 2 is 1.95 bits per heavy atom. The molecule has 0 unspecified atom stereocenters. The van der Waals surface area contributed by atoms with E-state index in [4.69, 9.17) is 36.9 Å². The van der Waals surface area contributed by atoms with Gasteiger partial charge in [0.2, 0.25) is 0 Å². The van der Waals surface area contributed by atoms with Crippen molar-refractivity contribution in [1.29, 1.82) is 0 Å². The zero-order valence-corrected chi connectivity index (χ0v) is 28.6. The first-order chi connectivity index (χ1) is 19.6. The fraction of sp³-hybridized carbons (Fsp3) is 0.586. The van der Waals surface area contributed by atoms with Crippen LogP contribution in [0.15, 0.2) is 28.3 Å². The molecule has 1 saturated heterocycles. The number of aromatic nitrogens is 4. The molecule has 10 nitrogen and oxygen atoms in total. The maximum atomic E-state index is 12.5. The lowest BCUT2D eigenvalue weighted by molar-refractivity contribution is 0.0448. The number of alkyl carbamates (subject to hydrolysis) is 1. The molecule has 1 fully saturated rings. The van der Waals surface area contributed by atoms with Crippen LogP contribution in [-0.2, 0) is 16.2 Å². The number of hydrogen-bond donors (Lipinski definition) is 2. The van der Waals surface area contributed by atoms with E-state index >= 15 is 0 Å². The number of nitrogen functional groups attached to an aromatic ring is 1. The van der Waals surface area contributed by atoms with Crippen LogP contribution in [-0.4, -0.2) is 64.8 Å². The summed E-state index contributed by atoms with van der Waals surface area (Å²) in [6.07, 6.45) is 4.65. The molecule has 0 aliphatic carbocycles. The summed E-state index contributed by atoms with van der Waals surface area (Å²) in [6.45, 7) is 19.2. The monoisotopic (exact) mass is 633 g/mol. The normalized spacial score (nSPS) is 15.7. The topological polar surface area (TPSA) is 120 Å². The summed E-state index contributed by atoms with van der Waals surface area (Å²) in [5, 5.41) is 9.21. The second kappa shape index (κ2) is 12.6. The fourth-order valence-corrected chi connectivity index (χ4v) is 6.77. The Balaban J connectivity index is 1.63. The lowest BCUT2D eigenvalue weighted by Crippen LogP contribution is -2.54. The van der Waals surface area contributed by atoms with Crippen molar-refractivity contribution in [1.82, 2.24) is 25.1 Å². The first-order valence-electron chi connectivity index (χ1n) is 14.3. The Hall–Kier alpha value is -2.54. The van der Waals surface area contributed by atoms with Gasteiger partial charge in [-0.2, -0.15) is 5.10 Å². The summed E-state index contributed by atoms with van der Waals surface area (Å²) < 4.78 is 13.5. The van der Waals surface area contributed by atoms with Crippen LogP contribution >= 0.6 is 23.4 Å². The van der Waals surface area contributed by atoms with E-state index in [0.29, 0.717) is 24.2 Å². The van der Waals surface area contributed by atoms with Gasteiger partial charge >= 0.3 is 6.09 Å². The predicted molar refractivity (Wildman–Crippen MR) is 173 cm³/mol. The van der Waals surface area contributed by atoms with E-state index in [1.54, 1.807) is 6.20 Å². The molecule has 3 aromatic rings.